The number of halogens is 4. The quantitative estimate of drug-likeness (QED) is 0.297. The molecule has 162 valence electrons. The van der Waals surface area contributed by atoms with Gasteiger partial charge in [-0.1, -0.05) is 41.0 Å². The van der Waals surface area contributed by atoms with Crippen LogP contribution in [0.4, 0.5) is 18.9 Å². The van der Waals surface area contributed by atoms with Crippen LogP contribution in [0.5, 0.6) is 0 Å². The topological polar surface area (TPSA) is 123 Å². The van der Waals surface area contributed by atoms with E-state index < -0.39 is 18.0 Å². The number of rotatable bonds is 6. The van der Waals surface area contributed by atoms with E-state index in [1.807, 2.05) is 0 Å². The molecular weight excluding hydrogens is 437 g/mol. The number of hydrogen-bond acceptors (Lipinski definition) is 7. The summed E-state index contributed by atoms with van der Waals surface area (Å²) >= 11 is 5.79. The third-order valence-electron chi connectivity index (χ3n) is 3.91. The summed E-state index contributed by atoms with van der Waals surface area (Å²) in [4.78, 5) is 15.5. The van der Waals surface area contributed by atoms with E-state index in [4.69, 9.17) is 23.2 Å². The fourth-order valence-electron chi connectivity index (χ4n) is 2.45. The number of hydrazine groups is 1. The Morgan fingerprint density at radius 1 is 1.16 bits per heavy atom. The maximum absolute atomic E-state index is 12.6. The maximum Gasteiger partial charge on any atom is 0.471 e. The standard InChI is InChI=1S/C19H16ClF3N6O2/c20-13-5-7-14(8-6-13)26-17(30)15(24)10-29(25)9-11-1-3-12(4-2-11)16-27-18(31-28-16)19(21,22)23/h1-8,10H,9,24-25H2,(H,26,30)/b15-10-. The zero-order valence-electron chi connectivity index (χ0n) is 15.7. The summed E-state index contributed by atoms with van der Waals surface area (Å²) in [5.74, 6) is 3.71. The van der Waals surface area contributed by atoms with E-state index in [2.05, 4.69) is 20.0 Å². The van der Waals surface area contributed by atoms with Gasteiger partial charge in [-0.25, -0.2) is 5.84 Å². The van der Waals surface area contributed by atoms with Gasteiger partial charge in [0.15, 0.2) is 0 Å². The largest absolute Gasteiger partial charge is 0.471 e. The molecule has 0 spiro atoms. The minimum absolute atomic E-state index is 0.124. The van der Waals surface area contributed by atoms with Crippen LogP contribution in [-0.4, -0.2) is 21.1 Å². The van der Waals surface area contributed by atoms with Crippen molar-refractivity contribution in [2.24, 2.45) is 11.6 Å². The Kier molecular flexibility index (Phi) is 6.47. The lowest BCUT2D eigenvalue weighted by molar-refractivity contribution is -0.159. The molecule has 0 saturated heterocycles. The second-order valence-electron chi connectivity index (χ2n) is 6.34. The van der Waals surface area contributed by atoms with Gasteiger partial charge in [-0.3, -0.25) is 4.79 Å². The highest BCUT2D eigenvalue weighted by molar-refractivity contribution is 6.30. The molecule has 0 saturated carbocycles. The first-order valence-corrected chi connectivity index (χ1v) is 9.05. The number of alkyl halides is 3. The molecule has 0 aliphatic heterocycles. The van der Waals surface area contributed by atoms with Crippen molar-refractivity contribution in [3.63, 3.8) is 0 Å². The molecule has 8 nitrogen and oxygen atoms in total. The average Bonchev–Trinajstić information content (AvgIpc) is 3.21. The molecule has 0 radical (unpaired) electrons. The van der Waals surface area contributed by atoms with Gasteiger partial charge < -0.3 is 20.6 Å². The Hall–Kier alpha value is -3.57. The van der Waals surface area contributed by atoms with Crippen LogP contribution in [0.15, 0.2) is 65.0 Å². The molecule has 1 aromatic heterocycles. The van der Waals surface area contributed by atoms with Gasteiger partial charge in [0, 0.05) is 22.5 Å². The van der Waals surface area contributed by atoms with Gasteiger partial charge in [0.25, 0.3) is 5.91 Å². The second-order valence-corrected chi connectivity index (χ2v) is 6.77. The predicted octanol–water partition coefficient (Wildman–Crippen LogP) is 3.52. The highest BCUT2D eigenvalue weighted by Crippen LogP contribution is 2.29. The van der Waals surface area contributed by atoms with Crippen LogP contribution in [0.1, 0.15) is 11.5 Å². The van der Waals surface area contributed by atoms with Crippen LogP contribution in [0, 0.1) is 0 Å². The molecule has 3 aromatic rings. The smallest absolute Gasteiger partial charge is 0.393 e. The van der Waals surface area contributed by atoms with E-state index in [9.17, 15) is 18.0 Å². The number of nitrogens with two attached hydrogens (primary N) is 2. The first-order valence-electron chi connectivity index (χ1n) is 8.67. The van der Waals surface area contributed by atoms with E-state index in [1.165, 1.54) is 23.3 Å². The van der Waals surface area contributed by atoms with Gasteiger partial charge in [-0.2, -0.15) is 18.2 Å². The fourth-order valence-corrected chi connectivity index (χ4v) is 2.57. The van der Waals surface area contributed by atoms with Crippen LogP contribution in [-0.2, 0) is 17.5 Å². The van der Waals surface area contributed by atoms with Gasteiger partial charge in [-0.05, 0) is 29.8 Å². The molecule has 0 bridgehead atoms. The molecule has 0 fully saturated rings. The van der Waals surface area contributed by atoms with Crippen molar-refractivity contribution in [2.75, 3.05) is 5.32 Å². The Morgan fingerprint density at radius 2 is 1.81 bits per heavy atom. The van der Waals surface area contributed by atoms with Crippen molar-refractivity contribution >= 4 is 23.2 Å². The van der Waals surface area contributed by atoms with E-state index in [0.717, 1.165) is 0 Å². The minimum Gasteiger partial charge on any atom is -0.393 e. The number of nitrogens with one attached hydrogen (secondary N) is 1. The van der Waals surface area contributed by atoms with Gasteiger partial charge in [-0.15, -0.1) is 0 Å². The molecule has 0 unspecified atom stereocenters. The maximum atomic E-state index is 12.6. The number of amides is 1. The van der Waals surface area contributed by atoms with Crippen molar-refractivity contribution in [2.45, 2.75) is 12.7 Å². The van der Waals surface area contributed by atoms with E-state index >= 15 is 0 Å². The summed E-state index contributed by atoms with van der Waals surface area (Å²) < 4.78 is 41.9. The SMILES string of the molecule is N/C(=C\N(N)Cc1ccc(-c2noc(C(F)(F)F)n2)cc1)C(=O)Nc1ccc(Cl)cc1. The summed E-state index contributed by atoms with van der Waals surface area (Å²) in [6, 6.07) is 12.8. The number of hydrogen-bond donors (Lipinski definition) is 3. The molecule has 31 heavy (non-hydrogen) atoms. The highest BCUT2D eigenvalue weighted by Gasteiger charge is 2.38. The van der Waals surface area contributed by atoms with Crippen molar-refractivity contribution in [3.8, 4) is 11.4 Å². The summed E-state index contributed by atoms with van der Waals surface area (Å²) in [5.41, 5.74) is 7.20. The van der Waals surface area contributed by atoms with Crippen molar-refractivity contribution in [3.05, 3.63) is 76.9 Å². The van der Waals surface area contributed by atoms with Crippen LogP contribution in [0.2, 0.25) is 5.02 Å². The van der Waals surface area contributed by atoms with E-state index in [-0.39, 0.29) is 18.1 Å². The van der Waals surface area contributed by atoms with E-state index in [1.54, 1.807) is 36.4 Å². The van der Waals surface area contributed by atoms with Gasteiger partial charge in [0.1, 0.15) is 5.70 Å². The lowest BCUT2D eigenvalue weighted by atomic mass is 10.1. The summed E-state index contributed by atoms with van der Waals surface area (Å²) in [6.45, 7) is 0.176. The number of carbonyl (C=O) groups excluding carboxylic acids is 1. The Balaban J connectivity index is 1.60. The van der Waals surface area contributed by atoms with Crippen molar-refractivity contribution in [1.29, 1.82) is 0 Å². The van der Waals surface area contributed by atoms with Crippen LogP contribution in [0.3, 0.4) is 0 Å². The normalized spacial score (nSPS) is 12.0. The van der Waals surface area contributed by atoms with E-state index in [0.29, 0.717) is 21.8 Å². The Morgan fingerprint density at radius 3 is 2.39 bits per heavy atom. The Bertz CT molecular complexity index is 1080. The van der Waals surface area contributed by atoms with Crippen LogP contribution < -0.4 is 16.9 Å². The fraction of sp³-hybridized carbons (Fsp3) is 0.105. The van der Waals surface area contributed by atoms with Crippen molar-refractivity contribution < 1.29 is 22.5 Å². The molecule has 3 rings (SSSR count). The van der Waals surface area contributed by atoms with Gasteiger partial charge in [0.2, 0.25) is 5.82 Å². The van der Waals surface area contributed by atoms with Crippen LogP contribution >= 0.6 is 11.6 Å². The Labute approximate surface area is 179 Å². The average molecular weight is 453 g/mol. The molecule has 0 atom stereocenters. The number of carbonyl (C=O) groups is 1. The third kappa shape index (κ3) is 5.96. The van der Waals surface area contributed by atoms with Crippen molar-refractivity contribution in [1.82, 2.24) is 15.1 Å². The highest BCUT2D eigenvalue weighted by atomic mass is 35.5. The zero-order chi connectivity index (χ0) is 22.6. The molecule has 1 heterocycles. The van der Waals surface area contributed by atoms with Crippen LogP contribution in [0.25, 0.3) is 11.4 Å². The first kappa shape index (κ1) is 22.1. The number of anilines is 1. The number of nitrogens with zero attached hydrogens (tertiary/aromatic N) is 3. The summed E-state index contributed by atoms with van der Waals surface area (Å²) in [7, 11) is 0. The monoisotopic (exact) mass is 452 g/mol. The second kappa shape index (κ2) is 9.06. The predicted molar refractivity (Wildman–Crippen MR) is 107 cm³/mol. The first-order chi connectivity index (χ1) is 14.6. The summed E-state index contributed by atoms with van der Waals surface area (Å²) in [6.07, 6.45) is -3.45. The molecule has 5 N–H and O–H groups in total. The van der Waals surface area contributed by atoms with Gasteiger partial charge >= 0.3 is 12.1 Å². The molecule has 1 amide bonds. The molecule has 2 aromatic carbocycles. The minimum atomic E-state index is -4.71. The number of aromatic nitrogens is 2. The molecular formula is C19H16ClF3N6O2. The molecule has 0 aliphatic rings. The third-order valence-corrected chi connectivity index (χ3v) is 4.17. The lowest BCUT2D eigenvalue weighted by Crippen LogP contribution is -2.29. The molecule has 12 heteroatoms. The zero-order valence-corrected chi connectivity index (χ0v) is 16.5. The summed E-state index contributed by atoms with van der Waals surface area (Å²) in [5, 5.41) is 7.65. The lowest BCUT2D eigenvalue weighted by Gasteiger charge is -2.15. The molecule has 0 aliphatic carbocycles. The number of benzene rings is 2. The van der Waals surface area contributed by atoms with Gasteiger partial charge in [0.05, 0.1) is 6.54 Å².